The van der Waals surface area contributed by atoms with Crippen molar-refractivity contribution in [2.24, 2.45) is 0 Å². The van der Waals surface area contributed by atoms with Crippen LogP contribution in [-0.2, 0) is 0 Å². The molecular weight excluding hydrogens is 343 g/mol. The van der Waals surface area contributed by atoms with Crippen LogP contribution in [0.2, 0.25) is 6.82 Å². The van der Waals surface area contributed by atoms with E-state index in [2.05, 4.69) is 29.8 Å². The lowest BCUT2D eigenvalue weighted by atomic mass is 9.71. The first kappa shape index (κ1) is 16.8. The van der Waals surface area contributed by atoms with E-state index in [-0.39, 0.29) is 5.56 Å². The van der Waals surface area contributed by atoms with Gasteiger partial charge in [-0.1, -0.05) is 23.9 Å². The van der Waals surface area contributed by atoms with Crippen LogP contribution < -0.4 is 15.9 Å². The zero-order chi connectivity index (χ0) is 18.4. The van der Waals surface area contributed by atoms with Crippen LogP contribution in [0.3, 0.4) is 0 Å². The van der Waals surface area contributed by atoms with Gasteiger partial charge in [-0.2, -0.15) is 0 Å². The van der Waals surface area contributed by atoms with E-state index in [1.165, 1.54) is 22.4 Å². The van der Waals surface area contributed by atoms with Crippen LogP contribution in [0.5, 0.6) is 0 Å². The Kier molecular flexibility index (Phi) is 4.03. The first-order valence-corrected chi connectivity index (χ1v) is 9.39. The molecule has 0 spiro atoms. The van der Waals surface area contributed by atoms with Crippen LogP contribution in [0, 0.1) is 6.92 Å². The van der Waals surface area contributed by atoms with Gasteiger partial charge in [0.05, 0.1) is 22.3 Å². The molecule has 0 fully saturated rings. The Hall–Kier alpha value is -2.67. The fourth-order valence-electron chi connectivity index (χ4n) is 3.32. The van der Waals surface area contributed by atoms with Crippen molar-refractivity contribution in [1.82, 2.24) is 14.5 Å². The summed E-state index contributed by atoms with van der Waals surface area (Å²) in [5, 5.41) is 0.944. The zero-order valence-electron chi connectivity index (χ0n) is 15.3. The summed E-state index contributed by atoms with van der Waals surface area (Å²) in [6, 6.07) is 8.06. The number of aromatic nitrogens is 3. The molecule has 7 heteroatoms. The molecule has 0 N–H and O–H groups in total. The average molecular weight is 362 g/mol. The van der Waals surface area contributed by atoms with E-state index in [1.807, 2.05) is 37.2 Å². The van der Waals surface area contributed by atoms with Gasteiger partial charge < -0.3 is 4.90 Å². The lowest BCUT2D eigenvalue weighted by molar-refractivity contribution is 0.966. The van der Waals surface area contributed by atoms with Crippen LogP contribution >= 0.6 is 11.3 Å². The molecule has 26 heavy (non-hydrogen) atoms. The van der Waals surface area contributed by atoms with Crippen molar-refractivity contribution in [3.8, 4) is 5.69 Å². The summed E-state index contributed by atoms with van der Waals surface area (Å²) in [7, 11) is 4.95. The Morgan fingerprint density at radius 2 is 2.00 bits per heavy atom. The fourth-order valence-corrected chi connectivity index (χ4v) is 4.37. The number of nitrogens with zero attached hydrogens (tertiary/aromatic N) is 4. The Labute approximate surface area is 156 Å². The molecular formula is C19H19BN4OS. The summed E-state index contributed by atoms with van der Waals surface area (Å²) < 4.78 is 2.26. The Morgan fingerprint density at radius 1 is 1.19 bits per heavy atom. The average Bonchev–Trinajstić information content (AvgIpc) is 3.01. The smallest absolute Gasteiger partial charge is 0.275 e. The van der Waals surface area contributed by atoms with Crippen LogP contribution in [0.15, 0.2) is 41.6 Å². The van der Waals surface area contributed by atoms with Crippen molar-refractivity contribution >= 4 is 50.2 Å². The number of benzene rings is 1. The summed E-state index contributed by atoms with van der Waals surface area (Å²) in [5.41, 5.74) is 5.02. The number of hydrogen-bond acceptors (Lipinski definition) is 5. The summed E-state index contributed by atoms with van der Waals surface area (Å²) in [5.74, 6) is 0. The molecule has 5 nitrogen and oxygen atoms in total. The number of thiophene rings is 1. The molecule has 1 aromatic carbocycles. The third kappa shape index (κ3) is 2.51. The van der Waals surface area contributed by atoms with Crippen LogP contribution in [0.4, 0.5) is 5.69 Å². The van der Waals surface area contributed by atoms with E-state index in [1.54, 1.807) is 17.1 Å². The van der Waals surface area contributed by atoms with Crippen LogP contribution in [-0.4, -0.2) is 35.9 Å². The van der Waals surface area contributed by atoms with Gasteiger partial charge in [0.2, 0.25) is 0 Å². The highest BCUT2D eigenvalue weighted by Gasteiger charge is 2.17. The number of fused-ring (bicyclic) bond motifs is 3. The third-order valence-electron chi connectivity index (χ3n) is 4.73. The van der Waals surface area contributed by atoms with E-state index >= 15 is 0 Å². The molecule has 0 bridgehead atoms. The Balaban J connectivity index is 1.99. The van der Waals surface area contributed by atoms with Crippen molar-refractivity contribution < 1.29 is 0 Å². The Bertz CT molecular complexity index is 1200. The molecule has 0 aliphatic heterocycles. The summed E-state index contributed by atoms with van der Waals surface area (Å²) in [6.45, 7) is 4.21. The van der Waals surface area contributed by atoms with Gasteiger partial charge in [0.1, 0.15) is 15.9 Å². The third-order valence-corrected chi connectivity index (χ3v) is 5.80. The van der Waals surface area contributed by atoms with E-state index in [0.717, 1.165) is 34.4 Å². The molecule has 0 saturated heterocycles. The summed E-state index contributed by atoms with van der Waals surface area (Å²) in [6.07, 6.45) is 3.40. The van der Waals surface area contributed by atoms with Crippen molar-refractivity contribution in [3.05, 3.63) is 52.7 Å². The lowest BCUT2D eigenvalue weighted by Crippen LogP contribution is -2.20. The number of hydrogen-bond donors (Lipinski definition) is 0. The topological polar surface area (TPSA) is 51.0 Å². The second-order valence-electron chi connectivity index (χ2n) is 6.57. The van der Waals surface area contributed by atoms with Crippen molar-refractivity contribution in [1.29, 1.82) is 0 Å². The first-order valence-electron chi connectivity index (χ1n) is 8.57. The largest absolute Gasteiger partial charge is 0.377 e. The highest BCUT2D eigenvalue weighted by atomic mass is 32.1. The van der Waals surface area contributed by atoms with E-state index in [4.69, 9.17) is 0 Å². The maximum atomic E-state index is 13.1. The quantitative estimate of drug-likeness (QED) is 0.526. The highest BCUT2D eigenvalue weighted by Crippen LogP contribution is 2.35. The molecule has 4 aromatic rings. The molecule has 0 aliphatic rings. The van der Waals surface area contributed by atoms with E-state index < -0.39 is 0 Å². The maximum Gasteiger partial charge on any atom is 0.275 e. The molecule has 0 atom stereocenters. The molecule has 0 amide bonds. The van der Waals surface area contributed by atoms with E-state index in [0.29, 0.717) is 4.70 Å². The van der Waals surface area contributed by atoms with Crippen LogP contribution in [0.25, 0.3) is 26.1 Å². The number of aryl methyl sites for hydroxylation is 1. The summed E-state index contributed by atoms with van der Waals surface area (Å²) in [4.78, 5) is 25.1. The molecule has 3 aromatic heterocycles. The minimum Gasteiger partial charge on any atom is -0.377 e. The molecule has 0 saturated carbocycles. The number of pyridine rings is 1. The van der Waals surface area contributed by atoms with Gasteiger partial charge in [-0.3, -0.25) is 9.36 Å². The maximum absolute atomic E-state index is 13.1. The van der Waals surface area contributed by atoms with Gasteiger partial charge in [-0.15, -0.1) is 11.3 Å². The van der Waals surface area contributed by atoms with Crippen molar-refractivity contribution in [2.75, 3.05) is 19.0 Å². The van der Waals surface area contributed by atoms with Gasteiger partial charge in [-0.25, -0.2) is 9.97 Å². The van der Waals surface area contributed by atoms with Crippen molar-refractivity contribution in [2.45, 2.75) is 13.7 Å². The van der Waals surface area contributed by atoms with Gasteiger partial charge in [0.15, 0.2) is 7.28 Å². The van der Waals surface area contributed by atoms with Gasteiger partial charge in [0.25, 0.3) is 5.56 Å². The number of anilines is 1. The molecule has 3 heterocycles. The predicted molar refractivity (Wildman–Crippen MR) is 112 cm³/mol. The minimum atomic E-state index is -0.0497. The normalized spacial score (nSPS) is 11.2. The Morgan fingerprint density at radius 3 is 2.69 bits per heavy atom. The monoisotopic (exact) mass is 362 g/mol. The van der Waals surface area contributed by atoms with Gasteiger partial charge >= 0.3 is 0 Å². The fraction of sp³-hybridized carbons (Fsp3) is 0.211. The lowest BCUT2D eigenvalue weighted by Gasteiger charge is -2.13. The molecule has 0 unspecified atom stereocenters. The van der Waals surface area contributed by atoms with Crippen molar-refractivity contribution in [3.63, 3.8) is 0 Å². The zero-order valence-corrected chi connectivity index (χ0v) is 16.1. The second-order valence-corrected chi connectivity index (χ2v) is 7.57. The predicted octanol–water partition coefficient (Wildman–Crippen LogP) is 2.48. The summed E-state index contributed by atoms with van der Waals surface area (Å²) >= 11 is 1.41. The van der Waals surface area contributed by atoms with E-state index in [9.17, 15) is 4.79 Å². The second kappa shape index (κ2) is 6.25. The minimum absolute atomic E-state index is 0.0497. The first-order chi connectivity index (χ1) is 12.5. The molecule has 0 aliphatic carbocycles. The molecule has 4 rings (SSSR count). The SMILES string of the molecule is CBc1ccc(-n2cnc3c(sc4nccc(N(C)C)c43)c2=O)cc1C. The highest BCUT2D eigenvalue weighted by molar-refractivity contribution is 7.25. The van der Waals surface area contributed by atoms with Gasteiger partial charge in [-0.05, 0) is 25.1 Å². The number of rotatable bonds is 3. The molecule has 0 radical (unpaired) electrons. The van der Waals surface area contributed by atoms with Crippen LogP contribution in [0.1, 0.15) is 5.56 Å². The molecule has 130 valence electrons. The standard InChI is InChI=1S/C19H19BN4OS/c1-11-9-12(5-6-13(11)20-2)24-10-22-16-15-14(23(3)4)7-8-21-18(15)26-17(16)19(24)25/h5-10,20H,1-4H3. The van der Waals surface area contributed by atoms with Gasteiger partial charge in [0, 0.05) is 20.3 Å².